The van der Waals surface area contributed by atoms with Gasteiger partial charge in [-0.15, -0.1) is 0 Å². The highest BCUT2D eigenvalue weighted by Gasteiger charge is 2.30. The summed E-state index contributed by atoms with van der Waals surface area (Å²) in [7, 11) is 0. The Morgan fingerprint density at radius 2 is 2.36 bits per heavy atom. The lowest BCUT2D eigenvalue weighted by atomic mass is 9.92. The van der Waals surface area contributed by atoms with Gasteiger partial charge in [0.15, 0.2) is 6.39 Å². The number of ether oxygens (including phenoxy) is 1. The maximum Gasteiger partial charge on any atom is 0.410 e. The van der Waals surface area contributed by atoms with Crippen molar-refractivity contribution in [1.29, 1.82) is 0 Å². The van der Waals surface area contributed by atoms with Crippen molar-refractivity contribution in [1.82, 2.24) is 15.2 Å². The Bertz CT molecular complexity index is 467. The van der Waals surface area contributed by atoms with Crippen molar-refractivity contribution in [3.8, 4) is 0 Å². The van der Waals surface area contributed by atoms with Crippen molar-refractivity contribution in [2.24, 2.45) is 5.92 Å². The molecule has 0 radical (unpaired) electrons. The van der Waals surface area contributed by atoms with Crippen LogP contribution >= 0.6 is 0 Å². The first-order valence-electron chi connectivity index (χ1n) is 7.94. The van der Waals surface area contributed by atoms with E-state index < -0.39 is 5.60 Å². The molecule has 6 nitrogen and oxygen atoms in total. The third kappa shape index (κ3) is 5.02. The number of aromatic nitrogens is 1. The fourth-order valence-electron chi connectivity index (χ4n) is 2.67. The molecule has 0 saturated carbocycles. The van der Waals surface area contributed by atoms with Gasteiger partial charge in [0, 0.05) is 19.1 Å². The van der Waals surface area contributed by atoms with Crippen molar-refractivity contribution in [3.63, 3.8) is 0 Å². The molecule has 2 atom stereocenters. The fourth-order valence-corrected chi connectivity index (χ4v) is 2.67. The molecule has 6 heteroatoms. The number of piperidine rings is 1. The van der Waals surface area contributed by atoms with Gasteiger partial charge in [-0.05, 0) is 46.5 Å². The largest absolute Gasteiger partial charge is 0.447 e. The zero-order valence-corrected chi connectivity index (χ0v) is 14.0. The molecule has 1 saturated heterocycles. The van der Waals surface area contributed by atoms with E-state index in [0.717, 1.165) is 31.7 Å². The van der Waals surface area contributed by atoms with E-state index in [0.29, 0.717) is 18.5 Å². The first-order valence-corrected chi connectivity index (χ1v) is 7.94. The number of amides is 1. The van der Waals surface area contributed by atoms with E-state index >= 15 is 0 Å². The normalized spacial score (nSPS) is 20.7. The third-order valence-electron chi connectivity index (χ3n) is 3.90. The fraction of sp³-hybridized carbons (Fsp3) is 0.750. The molecule has 0 aliphatic carbocycles. The van der Waals surface area contributed by atoms with E-state index in [9.17, 15) is 4.79 Å². The predicted molar refractivity (Wildman–Crippen MR) is 83.3 cm³/mol. The maximum atomic E-state index is 12.2. The van der Waals surface area contributed by atoms with Crippen LogP contribution in [0.2, 0.25) is 0 Å². The molecule has 0 aromatic carbocycles. The summed E-state index contributed by atoms with van der Waals surface area (Å²) in [5.41, 5.74) is -0.444. The Kier molecular flexibility index (Phi) is 5.45. The van der Waals surface area contributed by atoms with Crippen LogP contribution < -0.4 is 5.32 Å². The van der Waals surface area contributed by atoms with Gasteiger partial charge in [0.05, 0.1) is 12.7 Å². The Balaban J connectivity index is 1.82. The molecule has 124 valence electrons. The number of hydrogen-bond acceptors (Lipinski definition) is 5. The second-order valence-electron chi connectivity index (χ2n) is 6.97. The Hall–Kier alpha value is -1.56. The van der Waals surface area contributed by atoms with E-state index in [4.69, 9.17) is 9.15 Å². The molecule has 22 heavy (non-hydrogen) atoms. The molecule has 1 amide bonds. The first-order chi connectivity index (χ1) is 10.3. The minimum atomic E-state index is -0.444. The van der Waals surface area contributed by atoms with Crippen molar-refractivity contribution in [2.75, 3.05) is 13.1 Å². The van der Waals surface area contributed by atoms with Gasteiger partial charge in [0.1, 0.15) is 11.4 Å². The molecule has 0 spiro atoms. The average molecular weight is 309 g/mol. The molecule has 0 bridgehead atoms. The summed E-state index contributed by atoms with van der Waals surface area (Å²) in [4.78, 5) is 17.9. The van der Waals surface area contributed by atoms with E-state index in [1.54, 1.807) is 6.20 Å². The lowest BCUT2D eigenvalue weighted by Crippen LogP contribution is -2.47. The molecule has 1 aromatic heterocycles. The van der Waals surface area contributed by atoms with Crippen LogP contribution in [0, 0.1) is 5.92 Å². The molecule has 2 heterocycles. The van der Waals surface area contributed by atoms with Gasteiger partial charge in [-0.3, -0.25) is 0 Å². The van der Waals surface area contributed by atoms with E-state index in [2.05, 4.69) is 17.2 Å². The number of rotatable bonds is 4. The van der Waals surface area contributed by atoms with Crippen molar-refractivity contribution in [3.05, 3.63) is 18.4 Å². The van der Waals surface area contributed by atoms with Gasteiger partial charge in [-0.1, -0.05) is 0 Å². The van der Waals surface area contributed by atoms with Crippen LogP contribution in [-0.4, -0.2) is 40.7 Å². The van der Waals surface area contributed by atoms with Gasteiger partial charge < -0.3 is 19.4 Å². The quantitative estimate of drug-likeness (QED) is 0.926. The minimum Gasteiger partial charge on any atom is -0.447 e. The van der Waals surface area contributed by atoms with Crippen LogP contribution in [0.15, 0.2) is 17.0 Å². The zero-order chi connectivity index (χ0) is 16.2. The number of hydrogen-bond donors (Lipinski definition) is 1. The molecule has 1 aromatic rings. The molecule has 1 aliphatic rings. The molecular weight excluding hydrogens is 282 g/mol. The molecule has 1 N–H and O–H groups in total. The molecule has 1 aliphatic heterocycles. The van der Waals surface area contributed by atoms with E-state index in [-0.39, 0.29) is 6.09 Å². The van der Waals surface area contributed by atoms with Crippen molar-refractivity contribution in [2.45, 2.75) is 58.7 Å². The highest BCUT2D eigenvalue weighted by atomic mass is 16.6. The zero-order valence-electron chi connectivity index (χ0n) is 14.0. The summed E-state index contributed by atoms with van der Waals surface area (Å²) in [5, 5.41) is 3.45. The smallest absolute Gasteiger partial charge is 0.410 e. The lowest BCUT2D eigenvalue weighted by molar-refractivity contribution is 0.0147. The molecular formula is C16H27N3O3. The number of oxazole rings is 1. The Morgan fingerprint density at radius 3 is 3.00 bits per heavy atom. The molecule has 2 rings (SSSR count). The minimum absolute atomic E-state index is 0.209. The van der Waals surface area contributed by atoms with Gasteiger partial charge >= 0.3 is 6.09 Å². The monoisotopic (exact) mass is 309 g/mol. The summed E-state index contributed by atoms with van der Waals surface area (Å²) in [6.07, 6.45) is 5.07. The second kappa shape index (κ2) is 7.13. The van der Waals surface area contributed by atoms with Crippen LogP contribution in [0.25, 0.3) is 0 Å². The number of carbonyl (C=O) groups is 1. The number of nitrogens with one attached hydrogen (secondary N) is 1. The summed E-state index contributed by atoms with van der Waals surface area (Å²) in [6.45, 7) is 10.0. The van der Waals surface area contributed by atoms with Gasteiger partial charge in [0.2, 0.25) is 0 Å². The van der Waals surface area contributed by atoms with Crippen LogP contribution in [0.4, 0.5) is 4.79 Å². The van der Waals surface area contributed by atoms with Crippen LogP contribution in [0.3, 0.4) is 0 Å². The summed E-state index contributed by atoms with van der Waals surface area (Å²) in [5.74, 6) is 1.25. The first kappa shape index (κ1) is 16.8. The molecule has 2 unspecified atom stereocenters. The van der Waals surface area contributed by atoms with Crippen LogP contribution in [0.1, 0.15) is 46.3 Å². The Morgan fingerprint density at radius 1 is 1.59 bits per heavy atom. The second-order valence-corrected chi connectivity index (χ2v) is 6.97. The van der Waals surface area contributed by atoms with Crippen LogP contribution in [0.5, 0.6) is 0 Å². The summed E-state index contributed by atoms with van der Waals surface area (Å²) < 4.78 is 10.7. The third-order valence-corrected chi connectivity index (χ3v) is 3.90. The topological polar surface area (TPSA) is 67.6 Å². The number of likely N-dealkylation sites (tertiary alicyclic amines) is 1. The maximum absolute atomic E-state index is 12.2. The molecule has 1 fully saturated rings. The Labute approximate surface area is 132 Å². The standard InChI is InChI=1S/C16H27N3O3/c1-12(18-9-14-8-17-11-21-14)13-6-5-7-19(10-13)15(20)22-16(2,3)4/h8,11-13,18H,5-7,9-10H2,1-4H3. The van der Waals surface area contributed by atoms with Crippen LogP contribution in [-0.2, 0) is 11.3 Å². The number of carbonyl (C=O) groups excluding carboxylic acids is 1. The van der Waals surface area contributed by atoms with Crippen molar-refractivity contribution < 1.29 is 13.9 Å². The van der Waals surface area contributed by atoms with Gasteiger partial charge in [-0.25, -0.2) is 9.78 Å². The van der Waals surface area contributed by atoms with Gasteiger partial charge in [0.25, 0.3) is 0 Å². The predicted octanol–water partition coefficient (Wildman–Crippen LogP) is 2.80. The summed E-state index contributed by atoms with van der Waals surface area (Å²) in [6, 6.07) is 0.301. The SMILES string of the molecule is CC(NCc1cnco1)C1CCCN(C(=O)OC(C)(C)C)C1. The summed E-state index contributed by atoms with van der Waals surface area (Å²) >= 11 is 0. The average Bonchev–Trinajstić information content (AvgIpc) is 2.96. The van der Waals surface area contributed by atoms with Gasteiger partial charge in [-0.2, -0.15) is 0 Å². The highest BCUT2D eigenvalue weighted by molar-refractivity contribution is 5.68. The van der Waals surface area contributed by atoms with E-state index in [1.165, 1.54) is 6.39 Å². The van der Waals surface area contributed by atoms with E-state index in [1.807, 2.05) is 25.7 Å². The lowest BCUT2D eigenvalue weighted by Gasteiger charge is -2.36. The number of nitrogens with zero attached hydrogens (tertiary/aromatic N) is 2. The van der Waals surface area contributed by atoms with Crippen molar-refractivity contribution >= 4 is 6.09 Å². The highest BCUT2D eigenvalue weighted by Crippen LogP contribution is 2.22.